The summed E-state index contributed by atoms with van der Waals surface area (Å²) in [5.74, 6) is 1.49. The average molecular weight is 372 g/mol. The minimum absolute atomic E-state index is 0.106. The van der Waals surface area contributed by atoms with Crippen molar-refractivity contribution in [1.29, 1.82) is 0 Å². The van der Waals surface area contributed by atoms with E-state index in [1.54, 1.807) is 24.4 Å². The Bertz CT molecular complexity index is 754. The zero-order valence-corrected chi connectivity index (χ0v) is 15.6. The lowest BCUT2D eigenvalue weighted by Gasteiger charge is -2.32. The maximum absolute atomic E-state index is 12.5. The van der Waals surface area contributed by atoms with E-state index in [4.69, 9.17) is 14.2 Å². The van der Waals surface area contributed by atoms with Crippen molar-refractivity contribution in [2.24, 2.45) is 0 Å². The summed E-state index contributed by atoms with van der Waals surface area (Å²) in [5.41, 5.74) is 1.01. The Kier molecular flexibility index (Phi) is 6.30. The molecule has 0 bridgehead atoms. The molecule has 1 aliphatic rings. The highest BCUT2D eigenvalue weighted by Crippen LogP contribution is 2.23. The number of carbonyl (C=O) groups excluding carboxylic acids is 1. The fraction of sp³-hybridized carbons (Fsp3) is 0.421. The molecule has 2 amide bonds. The molecule has 1 fully saturated rings. The van der Waals surface area contributed by atoms with E-state index in [1.165, 1.54) is 7.11 Å². The standard InChI is InChI=1S/C19H24N4O4/c1-25-15-7-5-14(6-8-15)12-22-19(24)23-11-3-4-16(13-23)27-18-17(26-2)20-9-10-21-18/h5-10,16H,3-4,11-13H2,1-2H3,(H,22,24). The van der Waals surface area contributed by atoms with Crippen LogP contribution in [0.5, 0.6) is 17.5 Å². The minimum Gasteiger partial charge on any atom is -0.497 e. The number of methoxy groups -OCH3 is 2. The number of piperidine rings is 1. The SMILES string of the molecule is COc1ccc(CNC(=O)N2CCCC(Oc3nccnc3OC)C2)cc1. The molecule has 2 heterocycles. The summed E-state index contributed by atoms with van der Waals surface area (Å²) < 4.78 is 16.2. The van der Waals surface area contributed by atoms with Gasteiger partial charge in [-0.1, -0.05) is 12.1 Å². The Morgan fingerprint density at radius 2 is 1.89 bits per heavy atom. The molecule has 1 atom stereocenters. The van der Waals surface area contributed by atoms with Crippen LogP contribution < -0.4 is 19.5 Å². The van der Waals surface area contributed by atoms with Crippen molar-refractivity contribution in [2.75, 3.05) is 27.3 Å². The van der Waals surface area contributed by atoms with Gasteiger partial charge in [-0.05, 0) is 30.5 Å². The number of likely N-dealkylation sites (tertiary alicyclic amines) is 1. The Morgan fingerprint density at radius 1 is 1.15 bits per heavy atom. The highest BCUT2D eigenvalue weighted by molar-refractivity contribution is 5.74. The predicted octanol–water partition coefficient (Wildman–Crippen LogP) is 2.25. The second-order valence-corrected chi connectivity index (χ2v) is 6.21. The van der Waals surface area contributed by atoms with Crippen molar-refractivity contribution in [3.05, 3.63) is 42.2 Å². The number of carbonyl (C=O) groups is 1. The van der Waals surface area contributed by atoms with E-state index in [9.17, 15) is 4.79 Å². The van der Waals surface area contributed by atoms with Crippen LogP contribution >= 0.6 is 0 Å². The summed E-state index contributed by atoms with van der Waals surface area (Å²) in [4.78, 5) is 22.5. The third-order valence-electron chi connectivity index (χ3n) is 4.37. The summed E-state index contributed by atoms with van der Waals surface area (Å²) in [7, 11) is 3.15. The highest BCUT2D eigenvalue weighted by atomic mass is 16.5. The first-order chi connectivity index (χ1) is 13.2. The van der Waals surface area contributed by atoms with Gasteiger partial charge in [-0.3, -0.25) is 0 Å². The van der Waals surface area contributed by atoms with Crippen LogP contribution in [0.4, 0.5) is 4.79 Å². The quantitative estimate of drug-likeness (QED) is 0.837. The maximum Gasteiger partial charge on any atom is 0.317 e. The number of nitrogens with zero attached hydrogens (tertiary/aromatic N) is 3. The topological polar surface area (TPSA) is 85.8 Å². The number of hydrogen-bond donors (Lipinski definition) is 1. The molecule has 1 aromatic heterocycles. The lowest BCUT2D eigenvalue weighted by atomic mass is 10.1. The maximum atomic E-state index is 12.5. The molecule has 27 heavy (non-hydrogen) atoms. The van der Waals surface area contributed by atoms with E-state index < -0.39 is 0 Å². The van der Waals surface area contributed by atoms with Gasteiger partial charge < -0.3 is 24.4 Å². The number of aromatic nitrogens is 2. The second-order valence-electron chi connectivity index (χ2n) is 6.21. The van der Waals surface area contributed by atoms with E-state index >= 15 is 0 Å². The van der Waals surface area contributed by atoms with Gasteiger partial charge in [0.25, 0.3) is 11.8 Å². The van der Waals surface area contributed by atoms with Crippen LogP contribution in [-0.2, 0) is 6.54 Å². The highest BCUT2D eigenvalue weighted by Gasteiger charge is 2.26. The number of ether oxygens (including phenoxy) is 3. The number of rotatable bonds is 6. The van der Waals surface area contributed by atoms with E-state index in [0.29, 0.717) is 31.4 Å². The van der Waals surface area contributed by atoms with Crippen LogP contribution in [0.15, 0.2) is 36.7 Å². The molecule has 0 radical (unpaired) electrons. The van der Waals surface area contributed by atoms with E-state index in [2.05, 4.69) is 15.3 Å². The molecule has 1 saturated heterocycles. The summed E-state index contributed by atoms with van der Waals surface area (Å²) >= 11 is 0. The van der Waals surface area contributed by atoms with Crippen molar-refractivity contribution in [3.8, 4) is 17.5 Å². The number of nitrogens with one attached hydrogen (secondary N) is 1. The lowest BCUT2D eigenvalue weighted by molar-refractivity contribution is 0.0943. The average Bonchev–Trinajstić information content (AvgIpc) is 2.73. The monoisotopic (exact) mass is 372 g/mol. The van der Waals surface area contributed by atoms with E-state index in [1.807, 2.05) is 24.3 Å². The fourth-order valence-electron chi connectivity index (χ4n) is 2.94. The zero-order valence-electron chi connectivity index (χ0n) is 15.6. The molecule has 8 heteroatoms. The molecule has 2 aromatic rings. The van der Waals surface area contributed by atoms with Gasteiger partial charge in [-0.15, -0.1) is 0 Å². The molecular weight excluding hydrogens is 348 g/mol. The molecule has 0 saturated carbocycles. The number of benzene rings is 1. The van der Waals surface area contributed by atoms with E-state index in [0.717, 1.165) is 24.2 Å². The fourth-order valence-corrected chi connectivity index (χ4v) is 2.94. The Labute approximate surface area is 158 Å². The molecule has 144 valence electrons. The van der Waals surface area contributed by atoms with Gasteiger partial charge in [0.15, 0.2) is 0 Å². The van der Waals surface area contributed by atoms with Crippen molar-refractivity contribution in [3.63, 3.8) is 0 Å². The second kappa shape index (κ2) is 9.07. The number of urea groups is 1. The largest absolute Gasteiger partial charge is 0.497 e. The lowest BCUT2D eigenvalue weighted by Crippen LogP contribution is -2.48. The van der Waals surface area contributed by atoms with Gasteiger partial charge >= 0.3 is 6.03 Å². The normalized spacial score (nSPS) is 16.5. The summed E-state index contributed by atoms with van der Waals surface area (Å²) in [6, 6.07) is 7.51. The Balaban J connectivity index is 1.52. The molecular formula is C19H24N4O4. The first kappa shape index (κ1) is 18.8. The molecule has 3 rings (SSSR count). The van der Waals surface area contributed by atoms with Gasteiger partial charge in [0.2, 0.25) is 0 Å². The minimum atomic E-state index is -0.143. The van der Waals surface area contributed by atoms with Crippen molar-refractivity contribution < 1.29 is 19.0 Å². The van der Waals surface area contributed by atoms with Crippen LogP contribution in [0.25, 0.3) is 0 Å². The molecule has 0 aliphatic carbocycles. The molecule has 1 unspecified atom stereocenters. The van der Waals surface area contributed by atoms with Gasteiger partial charge in [-0.25, -0.2) is 14.8 Å². The van der Waals surface area contributed by atoms with Crippen LogP contribution in [0.3, 0.4) is 0 Å². The van der Waals surface area contributed by atoms with Gasteiger partial charge in [0, 0.05) is 25.5 Å². The third-order valence-corrected chi connectivity index (χ3v) is 4.37. The van der Waals surface area contributed by atoms with Gasteiger partial charge in [0.1, 0.15) is 11.9 Å². The summed E-state index contributed by atoms with van der Waals surface area (Å²) in [6.07, 6.45) is 4.67. The Hall–Kier alpha value is -3.03. The first-order valence-corrected chi connectivity index (χ1v) is 8.87. The van der Waals surface area contributed by atoms with Crippen LogP contribution in [0.2, 0.25) is 0 Å². The number of amides is 2. The van der Waals surface area contributed by atoms with Crippen LogP contribution in [0, 0.1) is 0 Å². The van der Waals surface area contributed by atoms with Crippen molar-refractivity contribution in [1.82, 2.24) is 20.2 Å². The number of hydrogen-bond acceptors (Lipinski definition) is 6. The van der Waals surface area contributed by atoms with E-state index in [-0.39, 0.29) is 12.1 Å². The van der Waals surface area contributed by atoms with Crippen molar-refractivity contribution >= 4 is 6.03 Å². The third kappa shape index (κ3) is 4.99. The molecule has 1 aromatic carbocycles. The molecule has 8 nitrogen and oxygen atoms in total. The predicted molar refractivity (Wildman–Crippen MR) is 99.0 cm³/mol. The molecule has 0 spiro atoms. The van der Waals surface area contributed by atoms with Crippen LogP contribution in [-0.4, -0.2) is 54.3 Å². The first-order valence-electron chi connectivity index (χ1n) is 8.87. The smallest absolute Gasteiger partial charge is 0.317 e. The molecule has 1 aliphatic heterocycles. The van der Waals surface area contributed by atoms with Gasteiger partial charge in [0.05, 0.1) is 20.8 Å². The Morgan fingerprint density at radius 3 is 2.59 bits per heavy atom. The van der Waals surface area contributed by atoms with Gasteiger partial charge in [-0.2, -0.15) is 0 Å². The summed E-state index contributed by atoms with van der Waals surface area (Å²) in [5, 5.41) is 2.95. The molecule has 1 N–H and O–H groups in total. The zero-order chi connectivity index (χ0) is 19.1. The summed E-state index contributed by atoms with van der Waals surface area (Å²) in [6.45, 7) is 1.66. The van der Waals surface area contributed by atoms with Crippen molar-refractivity contribution in [2.45, 2.75) is 25.5 Å². The van der Waals surface area contributed by atoms with Crippen LogP contribution in [0.1, 0.15) is 18.4 Å².